The maximum atomic E-state index is 12.0. The molecule has 0 aromatic heterocycles. The second-order valence-electron chi connectivity index (χ2n) is 57.9. The molecule has 0 bridgehead atoms. The molecule has 9 aliphatic rings. The van der Waals surface area contributed by atoms with Gasteiger partial charge in [0.15, 0.2) is 49.9 Å². The Hall–Kier alpha value is -2.28. The van der Waals surface area contributed by atoms with Crippen molar-refractivity contribution >= 4 is 56.2 Å². The lowest BCUT2D eigenvalue weighted by molar-refractivity contribution is -0.104. The van der Waals surface area contributed by atoms with E-state index in [-0.39, 0.29) is 80.9 Å². The van der Waals surface area contributed by atoms with Crippen molar-refractivity contribution < 1.29 is 51.8 Å². The summed E-state index contributed by atoms with van der Waals surface area (Å²) in [5, 5.41) is 51.4. The third kappa shape index (κ3) is 33.1. The highest BCUT2D eigenvalue weighted by molar-refractivity contribution is 6.76. The number of nitrogens with zero attached hydrogens (tertiary/aromatic N) is 1. The minimum absolute atomic E-state index is 0. The number of aliphatic hydroxyl groups excluding tert-OH is 1. The largest absolute Gasteiger partial charge is 0.410 e. The quantitative estimate of drug-likeness (QED) is 0.0165. The summed E-state index contributed by atoms with van der Waals surface area (Å²) < 4.78 is 42.8. The van der Waals surface area contributed by atoms with Crippen molar-refractivity contribution in [3.05, 3.63) is 105 Å². The predicted molar refractivity (Wildman–Crippen MR) is 611 cm³/mol. The Morgan fingerprint density at radius 1 is 0.360 bits per heavy atom. The number of rotatable bonds is 32. The van der Waals surface area contributed by atoms with E-state index >= 15 is 0 Å². The van der Waals surface area contributed by atoms with Crippen molar-refractivity contribution in [2.75, 3.05) is 6.61 Å². The molecule has 4 N–H and O–H groups in total. The van der Waals surface area contributed by atoms with E-state index in [1.807, 2.05) is 47.6 Å². The van der Waals surface area contributed by atoms with Gasteiger partial charge in [-0.1, -0.05) is 288 Å². The molecule has 139 heavy (non-hydrogen) atoms. The number of aliphatic hydroxyl groups is 4. The zero-order valence-corrected chi connectivity index (χ0v) is 103. The Kier molecular flexibility index (Phi) is 43.6. The van der Waals surface area contributed by atoms with Gasteiger partial charge in [-0.25, -0.2) is 0 Å². The first-order chi connectivity index (χ1) is 62.7. The van der Waals surface area contributed by atoms with Crippen LogP contribution in [0.2, 0.25) is 109 Å². The molecule has 0 aromatic rings. The maximum absolute atomic E-state index is 12.0. The summed E-state index contributed by atoms with van der Waals surface area (Å²) in [7, 11) is -12.5. The first-order valence-corrected chi connectivity index (χ1v) is 73.2. The van der Waals surface area contributed by atoms with Crippen LogP contribution in [0.3, 0.4) is 0 Å². The highest BCUT2D eigenvalue weighted by atomic mass is 28.4. The zero-order chi connectivity index (χ0) is 105. The van der Waals surface area contributed by atoms with Gasteiger partial charge in [-0.15, -0.1) is 0 Å². The van der Waals surface area contributed by atoms with E-state index in [0.717, 1.165) is 118 Å². The Labute approximate surface area is 864 Å². The topological polar surface area (TPSA) is 177 Å². The van der Waals surface area contributed by atoms with E-state index in [9.17, 15) is 30.5 Å². The van der Waals surface area contributed by atoms with Crippen LogP contribution in [0.4, 0.5) is 0 Å². The molecule has 12 nitrogen and oxygen atoms in total. The molecule has 9 saturated carbocycles. The Morgan fingerprint density at radius 3 is 0.784 bits per heavy atom. The molecule has 0 spiro atoms. The lowest BCUT2D eigenvalue weighted by Gasteiger charge is -2.46. The molecule has 18 atom stereocenters. The fourth-order valence-electron chi connectivity index (χ4n) is 24.7. The summed E-state index contributed by atoms with van der Waals surface area (Å²) in [6.45, 7) is 96.2. The number of allylic oxidation sites excluding steroid dienone is 11. The summed E-state index contributed by atoms with van der Waals surface area (Å²) in [4.78, 5) is 12.0. The third-order valence-electron chi connectivity index (χ3n) is 39.3. The smallest absolute Gasteiger partial charge is 0.192 e. The number of carbonyl (C=O) groups is 1. The molecule has 800 valence electrons. The first-order valence-electron chi connectivity index (χ1n) is 55.7. The van der Waals surface area contributed by atoms with Crippen LogP contribution < -0.4 is 0 Å². The fourth-order valence-corrected chi connectivity index (χ4v) is 32.4. The molecule has 0 radical (unpaired) electrons. The number of nitriles is 1. The van der Waals surface area contributed by atoms with E-state index in [1.54, 1.807) is 28.9 Å². The number of aldehydes is 1. The molecule has 9 unspecified atom stereocenters. The van der Waals surface area contributed by atoms with Crippen LogP contribution in [0, 0.1) is 80.8 Å². The SMILES string of the molecule is C.C[C@@H](CCCC(C)(C)O)C1CCC2/C(=C/C=C3C[C@@H](O[Si](C)(C)C(C)(C)C)C(=CC#N)[C@H](O[Si](C)(C)C(C)(C)C)C3)CCCC21C.C[C@@H](CCCC(C)(C)O)C1CCC2/C(=C/C=C3C[C@@H](O[Si](C)(C)C(C)(C)C)C(=CC=O)[C@H](O[Si](C)(C)C(C)(C)C)C3)CCCC21C.C[C@@H](CCCC(C)(C)O)C1CCC2/C(=C/C=C3C[C@@H](O[Si](C)(C)C(C)(C)C)C(=CCO)[C@H](O[Si](C)(C)C(C)(C)C)C3)CCCC21C. The van der Waals surface area contributed by atoms with E-state index < -0.39 is 66.7 Å². The molecule has 0 saturated heterocycles. The van der Waals surface area contributed by atoms with Crippen molar-refractivity contribution in [3.8, 4) is 6.07 Å². The summed E-state index contributed by atoms with van der Waals surface area (Å²) in [5.41, 5.74) is 11.8. The number of hydrogen-bond acceptors (Lipinski definition) is 12. The first kappa shape index (κ1) is 125. The van der Waals surface area contributed by atoms with Crippen LogP contribution in [-0.4, -0.2) is 137 Å². The highest BCUT2D eigenvalue weighted by Crippen LogP contribution is 2.64. The van der Waals surface area contributed by atoms with Crippen LogP contribution in [0.1, 0.15) is 408 Å². The van der Waals surface area contributed by atoms with Crippen LogP contribution in [0.25, 0.3) is 0 Å². The van der Waals surface area contributed by atoms with Crippen molar-refractivity contribution in [3.63, 3.8) is 0 Å². The second-order valence-corrected chi connectivity index (χ2v) is 86.5. The van der Waals surface area contributed by atoms with Gasteiger partial charge in [-0.05, 0) is 397 Å². The van der Waals surface area contributed by atoms with Gasteiger partial charge in [0.2, 0.25) is 0 Å². The van der Waals surface area contributed by atoms with Gasteiger partial charge in [0.05, 0.1) is 66.1 Å². The van der Waals surface area contributed by atoms with Gasteiger partial charge in [-0.3, -0.25) is 4.79 Å². The van der Waals surface area contributed by atoms with Gasteiger partial charge in [0.1, 0.15) is 6.29 Å². The third-order valence-corrected chi connectivity index (χ3v) is 66.2. The second kappa shape index (κ2) is 48.3. The van der Waals surface area contributed by atoms with Gasteiger partial charge in [0, 0.05) is 6.08 Å². The van der Waals surface area contributed by atoms with Crippen molar-refractivity contribution in [1.82, 2.24) is 0 Å². The number of hydrogen-bond donors (Lipinski definition) is 4. The maximum Gasteiger partial charge on any atom is 0.192 e. The van der Waals surface area contributed by atoms with E-state index in [0.29, 0.717) is 51.8 Å². The molecule has 18 heteroatoms. The summed E-state index contributed by atoms with van der Waals surface area (Å²) in [6, 6.07) is 2.37. The summed E-state index contributed by atoms with van der Waals surface area (Å²) in [6.07, 6.45) is 54.8. The van der Waals surface area contributed by atoms with Gasteiger partial charge in [-0.2, -0.15) is 5.26 Å². The van der Waals surface area contributed by atoms with Crippen LogP contribution in [0.15, 0.2) is 105 Å². The molecule has 9 fully saturated rings. The Balaban J connectivity index is 0.000000319. The van der Waals surface area contributed by atoms with Crippen molar-refractivity contribution in [1.29, 1.82) is 5.26 Å². The molecular weight excluding hydrogens is 1810 g/mol. The van der Waals surface area contributed by atoms with Gasteiger partial charge < -0.3 is 47.0 Å². The van der Waals surface area contributed by atoms with E-state index in [2.05, 4.69) is 287 Å². The van der Waals surface area contributed by atoms with Gasteiger partial charge >= 0.3 is 0 Å². The van der Waals surface area contributed by atoms with Crippen LogP contribution in [0.5, 0.6) is 0 Å². The molecule has 0 heterocycles. The van der Waals surface area contributed by atoms with E-state index in [1.165, 1.54) is 132 Å². The zero-order valence-electron chi connectivity index (χ0n) is 97.4. The predicted octanol–water partition coefficient (Wildman–Crippen LogP) is 34.8. The molecule has 0 aliphatic heterocycles. The minimum Gasteiger partial charge on any atom is -0.410 e. The average molecular weight is 2030 g/mol. The number of fused-ring (bicyclic) bond motifs is 3. The fraction of sp³-hybridized carbons (Fsp3) is 0.835. The standard InChI is InChI=1S/C40H71NO3Si2.C40H74O4Si2.C40H72O4Si2.CH4/c3*1-29(17-15-24-39(8,9)42)33-21-22-34-31(18-16-25-40(33,34)10)20-19-30-27-35(43-45(11,12)37(2,3)4)32(23-26-41)36(28-30)44-46(13,14)38(5,6)7;/h19-20,23,29,33-36,42H,15-18,21-22,24-25,27-28H2,1-14H3;19-20,23,29,33-36,41-42H,15-18,21-22,24-28H2,1-14H3;19-20,23,26,29,33-36,42H,15-18,21-22,24-25,27-28H2,1-14H3;1H4/b3*30-19?,31-20+,32-23?;/t3*29-,33?,34?,35+,36+,40?;/m000./s1. The average Bonchev–Trinajstić information content (AvgIpc) is 1.41. The Bertz CT molecular complexity index is 4180. The van der Waals surface area contributed by atoms with E-state index in [4.69, 9.17) is 26.6 Å². The minimum atomic E-state index is -2.10. The van der Waals surface area contributed by atoms with Crippen molar-refractivity contribution in [2.45, 2.75) is 570 Å². The van der Waals surface area contributed by atoms with Gasteiger partial charge in [0.25, 0.3) is 0 Å². The van der Waals surface area contributed by atoms with Crippen LogP contribution in [-0.2, 0) is 31.4 Å². The molecule has 9 rings (SSSR count). The van der Waals surface area contributed by atoms with Crippen molar-refractivity contribution in [2.24, 2.45) is 69.5 Å². The normalized spacial score (nSPS) is 29.7. The molecule has 0 aromatic carbocycles. The molecule has 0 amide bonds. The monoisotopic (exact) mass is 2030 g/mol. The molecule has 9 aliphatic carbocycles. The lowest BCUT2D eigenvalue weighted by atomic mass is 9.60. The lowest BCUT2D eigenvalue weighted by Crippen LogP contribution is -2.50. The number of carbonyl (C=O) groups excluding carboxylic acids is 1. The summed E-state index contributed by atoms with van der Waals surface area (Å²) >= 11 is 0. The Morgan fingerprint density at radius 2 is 0.583 bits per heavy atom. The summed E-state index contributed by atoms with van der Waals surface area (Å²) in [5.74, 6) is 6.36. The van der Waals surface area contributed by atoms with Crippen LogP contribution >= 0.6 is 0 Å². The molecular formula is C121H221NO11Si6. The highest BCUT2D eigenvalue weighted by Gasteiger charge is 2.57.